The molecule has 22 rings (SSSR count). The zero-order chi connectivity index (χ0) is 101. The number of hydrogen-bond donors (Lipinski definition) is 4. The molecule has 0 radical (unpaired) electrons. The molecule has 2 aliphatic heterocycles. The minimum atomic E-state index is -0.418. The third-order valence-electron chi connectivity index (χ3n) is 28.8. The van der Waals surface area contributed by atoms with E-state index in [0.29, 0.717) is 44.0 Å². The van der Waals surface area contributed by atoms with Crippen LogP contribution in [0.25, 0.3) is 98.8 Å². The summed E-state index contributed by atoms with van der Waals surface area (Å²) in [5.74, 6) is 5.70. The van der Waals surface area contributed by atoms with Crippen molar-refractivity contribution in [2.75, 3.05) is 0 Å². The molecular formula is C132H142N2O4S4Ti2-4. The number of phenols is 4. The van der Waals surface area contributed by atoms with Gasteiger partial charge < -0.3 is 0 Å². The van der Waals surface area contributed by atoms with E-state index in [0.717, 1.165) is 123 Å². The Morgan fingerprint density at radius 3 is 0.715 bits per heavy atom. The van der Waals surface area contributed by atoms with Gasteiger partial charge in [0, 0.05) is 0 Å². The monoisotopic (exact) mass is 2040 g/mol. The van der Waals surface area contributed by atoms with Crippen LogP contribution in [0.1, 0.15) is 227 Å². The van der Waals surface area contributed by atoms with E-state index >= 15 is 0 Å². The second kappa shape index (κ2) is 46.5. The number of benzene rings is 16. The van der Waals surface area contributed by atoms with Crippen LogP contribution in [0.15, 0.2) is 352 Å². The van der Waals surface area contributed by atoms with Gasteiger partial charge in [0.2, 0.25) is 0 Å². The van der Waals surface area contributed by atoms with Gasteiger partial charge >= 0.3 is 715 Å². The van der Waals surface area contributed by atoms with E-state index in [-0.39, 0.29) is 69.0 Å². The quantitative estimate of drug-likeness (QED) is 0.0725. The number of aromatic hydroxyl groups is 4. The van der Waals surface area contributed by atoms with Crippen molar-refractivity contribution in [3.8, 4) is 56.6 Å². The standard InChI is InChI=1S/C54H58N2O2S2.C50H56O2S2.4C7H7.2Ti/c1-53(2,3)37-29-35(51(57)47(31-37)55-43-23-15-11-19-39(43)40-20-12-16-24-44(40)55)33-59-49-27-9-7-8-10-28-50(49)60-34-36-30-38(54(4,5)6)32-48(52(36)58)56-45-25-17-13-21-41(45)42-22-14-18-26-46(42)56;1-49(2,3)37-27-35(47(51)43(29-37)41-23-15-19-33-17-11-13-21-39(33)41)31-53-45-25-9-7-8-10-26-46(45)54-32-36-28-38(50(4,5)6)30-44(48(36)52)42-24-16-20-34-18-12-14-22-40(34)42;4*1-7-5-3-2-4-6-7;;/h11-26,29-32,49-50,57-58H,7-10,27-28,33-34H2,1-6H3;11-24,27-30,45-46,51-52H,7-10,25-26,31-32H2,1-6H3;4*2-6H,1H2;;/q;;4*-1;;/t49-,50?;45-,46?;;;;;;/m00....../s1. The van der Waals surface area contributed by atoms with Crippen LogP contribution in [-0.4, -0.2) is 50.6 Å². The molecule has 4 heterocycles. The molecule has 2 saturated carbocycles. The van der Waals surface area contributed by atoms with E-state index in [1.165, 1.54) is 142 Å². The van der Waals surface area contributed by atoms with Crippen molar-refractivity contribution >= 4 is 97.0 Å². The van der Waals surface area contributed by atoms with E-state index in [9.17, 15) is 20.4 Å². The summed E-state index contributed by atoms with van der Waals surface area (Å²) in [6.45, 7) is 42.5. The Balaban J connectivity index is 0.000000155. The number of fused-ring (bicyclic) bond motifs is 10. The van der Waals surface area contributed by atoms with Crippen molar-refractivity contribution < 1.29 is 51.3 Å². The predicted octanol–water partition coefficient (Wildman–Crippen LogP) is 37.2. The molecule has 16 aromatic carbocycles. The molecule has 6 unspecified atom stereocenters. The first-order valence-electron chi connectivity index (χ1n) is 51.5. The zero-order valence-corrected chi connectivity index (χ0v) is 92.6. The average Bonchev–Trinajstić information content (AvgIpc) is 1.57. The third-order valence-corrected chi connectivity index (χ3v) is 60.6. The number of phenolic OH excluding ortho intramolecular Hbond substituents is 4. The summed E-state index contributed by atoms with van der Waals surface area (Å²) < 4.78 is 4.63. The fourth-order valence-electron chi connectivity index (χ4n) is 20.7. The van der Waals surface area contributed by atoms with E-state index in [1.807, 2.05) is 121 Å². The van der Waals surface area contributed by atoms with Crippen LogP contribution < -0.4 is 0 Å². The van der Waals surface area contributed by atoms with Crippen LogP contribution in [0.2, 0.25) is 0 Å². The van der Waals surface area contributed by atoms with Crippen LogP contribution in [-0.2, 0) is 75.6 Å². The number of hydrogen-bond acceptors (Lipinski definition) is 4. The molecule has 144 heavy (non-hydrogen) atoms. The third kappa shape index (κ3) is 24.5. The molecule has 4 N–H and O–H groups in total. The summed E-state index contributed by atoms with van der Waals surface area (Å²) in [6.07, 6.45) is 15.8. The van der Waals surface area contributed by atoms with Gasteiger partial charge in [-0.15, -0.1) is 48.5 Å². The maximum Gasteiger partial charge on any atom is -0.0866 e. The second-order valence-corrected chi connectivity index (χ2v) is 66.3. The largest absolute Gasteiger partial charge is 0.199 e. The van der Waals surface area contributed by atoms with Gasteiger partial charge in [-0.3, -0.25) is 0 Å². The Morgan fingerprint density at radius 2 is 0.465 bits per heavy atom. The first-order valence-corrected chi connectivity index (χ1v) is 65.0. The molecule has 2 aromatic heterocycles. The molecule has 0 spiro atoms. The first kappa shape index (κ1) is 105. The van der Waals surface area contributed by atoms with Crippen molar-refractivity contribution in [1.29, 1.82) is 0 Å². The smallest absolute Gasteiger partial charge is 0.0866 e. The summed E-state index contributed by atoms with van der Waals surface area (Å²) in [6, 6.07) is 123. The van der Waals surface area contributed by atoms with Gasteiger partial charge in [-0.2, -0.15) is 98.5 Å². The molecule has 0 amide bonds. The van der Waals surface area contributed by atoms with Crippen molar-refractivity contribution in [1.82, 2.24) is 9.13 Å². The first-order chi connectivity index (χ1) is 69.3. The average molecular weight is 2040 g/mol. The van der Waals surface area contributed by atoms with Gasteiger partial charge in [-0.1, -0.05) is 24.3 Å². The summed E-state index contributed by atoms with van der Waals surface area (Å²) in [4.78, 5) is 0. The van der Waals surface area contributed by atoms with Crippen molar-refractivity contribution in [2.45, 2.75) is 226 Å². The molecule has 740 valence electrons. The molecule has 0 bridgehead atoms. The van der Waals surface area contributed by atoms with Crippen LogP contribution in [0.5, 0.6) is 23.0 Å². The number of nitrogens with zero attached hydrogens (tertiary/aromatic N) is 2. The Morgan fingerprint density at radius 1 is 0.243 bits per heavy atom. The molecule has 4 aliphatic rings. The summed E-state index contributed by atoms with van der Waals surface area (Å²) >= 11 is -0.779. The van der Waals surface area contributed by atoms with Gasteiger partial charge in [0.05, 0.1) is 0 Å². The van der Waals surface area contributed by atoms with Crippen LogP contribution in [0.4, 0.5) is 0 Å². The fraction of sp³-hybridized carbons (Fsp3) is 0.273. The van der Waals surface area contributed by atoms with Crippen molar-refractivity contribution in [3.63, 3.8) is 0 Å². The van der Waals surface area contributed by atoms with E-state index in [4.69, 9.17) is 0 Å². The predicted molar refractivity (Wildman–Crippen MR) is 621 cm³/mol. The maximum absolute atomic E-state index is 12.6. The molecular weight excluding hydrogens is 1900 g/mol. The molecule has 6 nitrogen and oxygen atoms in total. The normalized spacial score (nSPS) is 17.9. The van der Waals surface area contributed by atoms with Crippen molar-refractivity contribution in [2.24, 2.45) is 0 Å². The van der Waals surface area contributed by atoms with Crippen molar-refractivity contribution in [3.05, 3.63) is 446 Å². The van der Waals surface area contributed by atoms with Gasteiger partial charge in [0.1, 0.15) is 0 Å². The number of aromatic nitrogens is 2. The Kier molecular flexibility index (Phi) is 33.7. The minimum Gasteiger partial charge on any atom is -0.199 e. The summed E-state index contributed by atoms with van der Waals surface area (Å²) in [5, 5.41) is 62.2. The molecule has 2 aliphatic carbocycles. The Labute approximate surface area is 878 Å². The maximum atomic E-state index is 12.6. The minimum absolute atomic E-state index is 0.0404. The van der Waals surface area contributed by atoms with Crippen LogP contribution in [0.3, 0.4) is 0 Å². The van der Waals surface area contributed by atoms with Gasteiger partial charge in [0.15, 0.2) is 0 Å². The number of rotatable bonds is 12. The van der Waals surface area contributed by atoms with Crippen LogP contribution in [0, 0.1) is 27.7 Å². The van der Waals surface area contributed by atoms with Crippen LogP contribution >= 0.6 is 31.9 Å². The van der Waals surface area contributed by atoms with Gasteiger partial charge in [-0.05, 0) is 0 Å². The number of para-hydroxylation sites is 4. The SMILES string of the molecule is CC(C)(C)c1cc(C[S]2=[Ti]=[S](Cc3cc(C(C)(C)C)cc(-c4cccc5ccccc45)c3O)[C@H]3CCCCCCC32)c(O)c(-c2cccc3ccccc23)c1.CC(C)(C)c1cc(C[S]2=[Ti]=[S](Cc3cc(C(C)(C)C)cc(-n4c5ccccc5c5ccccc54)c3O)[C@H]3CCCCCCC32)c(O)c(-n2c3ccccc3c3ccccc32)c1.[CH2-]c1ccccc1.[CH2-]c1ccccc1.[CH2-]c1ccccc1.[CH2-]c1ccccc1. The molecule has 2 fully saturated rings. The topological polar surface area (TPSA) is 90.8 Å². The summed E-state index contributed by atoms with van der Waals surface area (Å²) in [5.41, 5.74) is 24.2. The van der Waals surface area contributed by atoms with E-state index in [2.05, 4.69) is 350 Å². The second-order valence-electron chi connectivity index (χ2n) is 43.4. The van der Waals surface area contributed by atoms with Gasteiger partial charge in [0.25, 0.3) is 0 Å². The Hall–Kier alpha value is -10.9. The van der Waals surface area contributed by atoms with Gasteiger partial charge in [-0.25, -0.2) is 0 Å². The fourth-order valence-corrected chi connectivity index (χ4v) is 62.4. The van der Waals surface area contributed by atoms with E-state index in [1.54, 1.807) is 0 Å². The molecule has 0 saturated heterocycles. The molecule has 8 atom stereocenters. The summed E-state index contributed by atoms with van der Waals surface area (Å²) in [7, 11) is 0.921. The molecule has 12 heteroatoms. The molecule has 18 aromatic rings. The zero-order valence-electron chi connectivity index (χ0n) is 86.3. The Bertz CT molecular complexity index is 7130. The van der Waals surface area contributed by atoms with E-state index < -0.39 is 15.5 Å².